The minimum absolute atomic E-state index is 0.844. The summed E-state index contributed by atoms with van der Waals surface area (Å²) < 4.78 is 0. The van der Waals surface area contributed by atoms with Crippen molar-refractivity contribution in [2.75, 3.05) is 0 Å². The van der Waals surface area contributed by atoms with Crippen LogP contribution in [0.15, 0.2) is 43.1 Å². The Balaban J connectivity index is 2.51. The third-order valence-electron chi connectivity index (χ3n) is 2.25. The second-order valence-electron chi connectivity index (χ2n) is 3.30. The first-order valence-corrected chi connectivity index (χ1v) is 4.83. The minimum atomic E-state index is 0.844. The van der Waals surface area contributed by atoms with E-state index in [-0.39, 0.29) is 0 Å². The summed E-state index contributed by atoms with van der Waals surface area (Å²) in [5.41, 5.74) is 3.71. The summed E-state index contributed by atoms with van der Waals surface area (Å²) in [6.45, 7) is 5.65. The maximum atomic E-state index is 4.48. The summed E-state index contributed by atoms with van der Waals surface area (Å²) in [7, 11) is 0. The van der Waals surface area contributed by atoms with E-state index in [9.17, 15) is 0 Å². The van der Waals surface area contributed by atoms with E-state index in [1.807, 2.05) is 37.3 Å². The van der Waals surface area contributed by atoms with Crippen molar-refractivity contribution in [2.45, 2.75) is 6.92 Å². The Labute approximate surface area is 89.3 Å². The lowest BCUT2D eigenvalue weighted by atomic mass is 10.1. The Hall–Kier alpha value is -1.96. The molecule has 74 valence electrons. The average Bonchev–Trinajstić information content (AvgIpc) is 2.31. The van der Waals surface area contributed by atoms with E-state index in [0.29, 0.717) is 0 Å². The van der Waals surface area contributed by atoms with Gasteiger partial charge in [-0.15, -0.1) is 0 Å². The van der Waals surface area contributed by atoms with E-state index in [2.05, 4.69) is 16.5 Å². The molecule has 0 aliphatic carbocycles. The van der Waals surface area contributed by atoms with Gasteiger partial charge in [0.25, 0.3) is 0 Å². The summed E-state index contributed by atoms with van der Waals surface area (Å²) >= 11 is 0. The fourth-order valence-corrected chi connectivity index (χ4v) is 1.40. The van der Waals surface area contributed by atoms with Crippen molar-refractivity contribution in [1.29, 1.82) is 0 Å². The quantitative estimate of drug-likeness (QED) is 0.737. The van der Waals surface area contributed by atoms with Crippen molar-refractivity contribution >= 4 is 6.08 Å². The van der Waals surface area contributed by atoms with Gasteiger partial charge in [0.2, 0.25) is 0 Å². The highest BCUT2D eigenvalue weighted by atomic mass is 14.8. The van der Waals surface area contributed by atoms with Crippen LogP contribution in [0.3, 0.4) is 0 Å². The molecule has 1 heterocycles. The fourth-order valence-electron chi connectivity index (χ4n) is 1.40. The van der Waals surface area contributed by atoms with Gasteiger partial charge in [0.1, 0.15) is 0 Å². The molecule has 15 heavy (non-hydrogen) atoms. The van der Waals surface area contributed by atoms with Crippen LogP contribution in [-0.2, 0) is 0 Å². The Morgan fingerprint density at radius 1 is 1.20 bits per heavy atom. The lowest BCUT2D eigenvalue weighted by Gasteiger charge is -2.03. The zero-order valence-corrected chi connectivity index (χ0v) is 8.64. The predicted molar refractivity (Wildman–Crippen MR) is 62.3 cm³/mol. The highest BCUT2D eigenvalue weighted by molar-refractivity contribution is 5.60. The number of hydrogen-bond acceptors (Lipinski definition) is 2. The molecular weight excluding hydrogens is 184 g/mol. The fraction of sp³-hybridized carbons (Fsp3) is 0.0769. The van der Waals surface area contributed by atoms with Crippen LogP contribution >= 0.6 is 0 Å². The summed E-state index contributed by atoms with van der Waals surface area (Å²) in [6, 6.07) is 10.0. The second-order valence-corrected chi connectivity index (χ2v) is 3.30. The first kappa shape index (κ1) is 9.59. The number of aryl methyl sites for hydroxylation is 1. The van der Waals surface area contributed by atoms with Crippen molar-refractivity contribution in [2.24, 2.45) is 0 Å². The molecule has 0 amide bonds. The minimum Gasteiger partial charge on any atom is -0.257 e. The zero-order valence-electron chi connectivity index (χ0n) is 8.64. The van der Waals surface area contributed by atoms with Crippen LogP contribution in [0.1, 0.15) is 11.4 Å². The normalized spacial score (nSPS) is 9.93. The van der Waals surface area contributed by atoms with Crippen molar-refractivity contribution in [1.82, 2.24) is 9.97 Å². The van der Waals surface area contributed by atoms with Gasteiger partial charge in [0.05, 0.1) is 23.3 Å². The number of hydrogen-bond donors (Lipinski definition) is 0. The van der Waals surface area contributed by atoms with Crippen molar-refractivity contribution < 1.29 is 0 Å². The number of benzene rings is 1. The van der Waals surface area contributed by atoms with E-state index >= 15 is 0 Å². The molecule has 1 aromatic heterocycles. The number of rotatable bonds is 2. The Morgan fingerprint density at radius 3 is 2.60 bits per heavy atom. The number of aromatic nitrogens is 2. The maximum Gasteiger partial charge on any atom is 0.0892 e. The lowest BCUT2D eigenvalue weighted by molar-refractivity contribution is 1.10. The molecule has 2 aromatic rings. The van der Waals surface area contributed by atoms with Crippen LogP contribution in [0.5, 0.6) is 0 Å². The first-order chi connectivity index (χ1) is 7.31. The van der Waals surface area contributed by atoms with E-state index in [4.69, 9.17) is 0 Å². The summed E-state index contributed by atoms with van der Waals surface area (Å²) in [4.78, 5) is 8.77. The molecule has 0 atom stereocenters. The highest BCUT2D eigenvalue weighted by Gasteiger charge is 2.02. The Morgan fingerprint density at radius 2 is 1.93 bits per heavy atom. The number of nitrogens with zero attached hydrogens (tertiary/aromatic N) is 2. The lowest BCUT2D eigenvalue weighted by Crippen LogP contribution is -1.93. The standard InChI is InChI=1S/C13H12N2/c1-3-12-10(2)14-9-13(15-12)11-7-5-4-6-8-11/h3-9H,1H2,2H3. The molecule has 0 aliphatic heterocycles. The third-order valence-corrected chi connectivity index (χ3v) is 2.25. The van der Waals surface area contributed by atoms with Crippen molar-refractivity contribution in [3.05, 3.63) is 54.5 Å². The van der Waals surface area contributed by atoms with Crippen LogP contribution in [0, 0.1) is 6.92 Å². The first-order valence-electron chi connectivity index (χ1n) is 4.83. The smallest absolute Gasteiger partial charge is 0.0892 e. The summed E-state index contributed by atoms with van der Waals surface area (Å²) in [5.74, 6) is 0. The molecule has 0 saturated heterocycles. The van der Waals surface area contributed by atoms with Gasteiger partial charge in [-0.2, -0.15) is 0 Å². The van der Waals surface area contributed by atoms with Gasteiger partial charge in [-0.3, -0.25) is 4.98 Å². The molecule has 0 aliphatic rings. The molecule has 0 saturated carbocycles. The molecule has 0 radical (unpaired) electrons. The predicted octanol–water partition coefficient (Wildman–Crippen LogP) is 3.10. The van der Waals surface area contributed by atoms with Crippen LogP contribution in [0.25, 0.3) is 17.3 Å². The SMILES string of the molecule is C=Cc1nc(-c2ccccc2)cnc1C. The third kappa shape index (κ3) is 1.94. The van der Waals surface area contributed by atoms with Gasteiger partial charge in [-0.25, -0.2) is 4.98 Å². The van der Waals surface area contributed by atoms with E-state index in [1.165, 1.54) is 0 Å². The van der Waals surface area contributed by atoms with Gasteiger partial charge in [0.15, 0.2) is 0 Å². The topological polar surface area (TPSA) is 25.8 Å². The van der Waals surface area contributed by atoms with Crippen LogP contribution in [0.2, 0.25) is 0 Å². The van der Waals surface area contributed by atoms with Crippen LogP contribution in [-0.4, -0.2) is 9.97 Å². The van der Waals surface area contributed by atoms with Crippen LogP contribution < -0.4 is 0 Å². The zero-order chi connectivity index (χ0) is 10.7. The van der Waals surface area contributed by atoms with E-state index in [1.54, 1.807) is 12.3 Å². The molecule has 0 spiro atoms. The maximum absolute atomic E-state index is 4.48. The van der Waals surface area contributed by atoms with Crippen molar-refractivity contribution in [3.8, 4) is 11.3 Å². The summed E-state index contributed by atoms with van der Waals surface area (Å²) in [5, 5.41) is 0. The molecule has 2 nitrogen and oxygen atoms in total. The van der Waals surface area contributed by atoms with Gasteiger partial charge < -0.3 is 0 Å². The van der Waals surface area contributed by atoms with Gasteiger partial charge in [-0.1, -0.05) is 36.9 Å². The Bertz CT molecular complexity index is 475. The Kier molecular flexibility index (Phi) is 2.59. The highest BCUT2D eigenvalue weighted by Crippen LogP contribution is 2.16. The molecule has 0 N–H and O–H groups in total. The second kappa shape index (κ2) is 4.05. The van der Waals surface area contributed by atoms with E-state index < -0.39 is 0 Å². The molecule has 0 fully saturated rings. The molecule has 2 rings (SSSR count). The average molecular weight is 196 g/mol. The van der Waals surface area contributed by atoms with Gasteiger partial charge in [0, 0.05) is 5.56 Å². The van der Waals surface area contributed by atoms with Crippen molar-refractivity contribution in [3.63, 3.8) is 0 Å². The molecule has 2 heteroatoms. The molecular formula is C13H12N2. The van der Waals surface area contributed by atoms with E-state index in [0.717, 1.165) is 22.6 Å². The molecule has 1 aromatic carbocycles. The van der Waals surface area contributed by atoms with Gasteiger partial charge >= 0.3 is 0 Å². The molecule has 0 unspecified atom stereocenters. The van der Waals surface area contributed by atoms with Crippen LogP contribution in [0.4, 0.5) is 0 Å². The monoisotopic (exact) mass is 196 g/mol. The van der Waals surface area contributed by atoms with Gasteiger partial charge in [-0.05, 0) is 13.0 Å². The summed E-state index contributed by atoms with van der Waals surface area (Å²) in [6.07, 6.45) is 3.52. The largest absolute Gasteiger partial charge is 0.257 e. The molecule has 0 bridgehead atoms.